The molecule has 1 saturated heterocycles. The first-order valence-electron chi connectivity index (χ1n) is 9.48. The number of anilines is 1. The Kier molecular flexibility index (Phi) is 5.41. The van der Waals surface area contributed by atoms with Gasteiger partial charge in [0.2, 0.25) is 0 Å². The van der Waals surface area contributed by atoms with E-state index in [4.69, 9.17) is 23.2 Å². The molecule has 1 aliphatic rings. The van der Waals surface area contributed by atoms with Gasteiger partial charge in [-0.05, 0) is 37.1 Å². The summed E-state index contributed by atoms with van der Waals surface area (Å²) >= 11 is 12.0. The number of nitriles is 1. The van der Waals surface area contributed by atoms with Gasteiger partial charge in [0.05, 0.1) is 21.8 Å². The van der Waals surface area contributed by atoms with Gasteiger partial charge in [-0.2, -0.15) is 5.26 Å². The van der Waals surface area contributed by atoms with Gasteiger partial charge in [0.1, 0.15) is 22.3 Å². The van der Waals surface area contributed by atoms with E-state index in [0.717, 1.165) is 5.69 Å². The van der Waals surface area contributed by atoms with E-state index < -0.39 is 5.60 Å². The fraction of sp³-hybridized carbons (Fsp3) is 0.333. The molecule has 4 rings (SSSR count). The maximum atomic E-state index is 12.7. The zero-order valence-electron chi connectivity index (χ0n) is 16.3. The van der Waals surface area contributed by atoms with Gasteiger partial charge in [0.15, 0.2) is 0 Å². The second kappa shape index (κ2) is 7.88. The number of aryl methyl sites for hydroxylation is 1. The van der Waals surface area contributed by atoms with Crippen LogP contribution in [-0.2, 0) is 13.5 Å². The molecular weight excluding hydrogens is 425 g/mol. The fourth-order valence-corrected chi connectivity index (χ4v) is 4.21. The Balaban J connectivity index is 1.67. The minimum Gasteiger partial charge on any atom is -0.389 e. The Morgan fingerprint density at radius 3 is 2.60 bits per heavy atom. The number of aliphatic hydroxyl groups is 1. The highest BCUT2D eigenvalue weighted by molar-refractivity contribution is 6.30. The van der Waals surface area contributed by atoms with Crippen molar-refractivity contribution < 1.29 is 5.11 Å². The zero-order chi connectivity index (χ0) is 21.5. The van der Waals surface area contributed by atoms with E-state index in [9.17, 15) is 15.2 Å². The number of hydrogen-bond acceptors (Lipinski definition) is 6. The number of rotatable bonds is 3. The third-order valence-electron chi connectivity index (χ3n) is 5.60. The molecule has 0 saturated carbocycles. The summed E-state index contributed by atoms with van der Waals surface area (Å²) in [4.78, 5) is 23.4. The van der Waals surface area contributed by atoms with Crippen LogP contribution in [0.15, 0.2) is 35.3 Å². The molecule has 1 aliphatic heterocycles. The van der Waals surface area contributed by atoms with E-state index in [0.29, 0.717) is 54.1 Å². The molecule has 3 aromatic heterocycles. The van der Waals surface area contributed by atoms with Crippen molar-refractivity contribution in [1.82, 2.24) is 14.5 Å². The molecule has 7 nitrogen and oxygen atoms in total. The van der Waals surface area contributed by atoms with Gasteiger partial charge in [-0.15, -0.1) is 0 Å². The van der Waals surface area contributed by atoms with Crippen LogP contribution < -0.4 is 10.5 Å². The molecule has 0 atom stereocenters. The number of aromatic nitrogens is 3. The van der Waals surface area contributed by atoms with Crippen molar-refractivity contribution in [3.63, 3.8) is 0 Å². The van der Waals surface area contributed by atoms with Crippen LogP contribution in [-0.4, -0.2) is 38.3 Å². The number of hydrogen-bond donors (Lipinski definition) is 1. The topological polar surface area (TPSA) is 95.0 Å². The third-order valence-corrected chi connectivity index (χ3v) is 6.04. The van der Waals surface area contributed by atoms with Crippen LogP contribution >= 0.6 is 23.2 Å². The van der Waals surface area contributed by atoms with Crippen molar-refractivity contribution in [2.24, 2.45) is 7.05 Å². The first-order chi connectivity index (χ1) is 14.3. The van der Waals surface area contributed by atoms with Crippen LogP contribution in [0.4, 0.5) is 5.69 Å². The highest BCUT2D eigenvalue weighted by atomic mass is 35.5. The number of pyridine rings is 3. The highest BCUT2D eigenvalue weighted by Gasteiger charge is 2.35. The molecule has 154 valence electrons. The standard InChI is InChI=1S/C21H19Cl2N5O2/c1-27-16-4-5-17(23)26-18(16)19(15(11-24)20(27)29)28-8-6-21(30,7-9-28)10-14-3-2-13(22)12-25-14/h2-5,12,30H,6-10H2,1H3. The lowest BCUT2D eigenvalue weighted by molar-refractivity contribution is 0.0157. The second-order valence-electron chi connectivity index (χ2n) is 7.56. The Labute approximate surface area is 183 Å². The summed E-state index contributed by atoms with van der Waals surface area (Å²) in [5.74, 6) is 0. The lowest BCUT2D eigenvalue weighted by atomic mass is 9.86. The largest absolute Gasteiger partial charge is 0.389 e. The Morgan fingerprint density at radius 2 is 1.97 bits per heavy atom. The van der Waals surface area contributed by atoms with Crippen molar-refractivity contribution in [1.29, 1.82) is 5.26 Å². The van der Waals surface area contributed by atoms with Crippen molar-refractivity contribution in [3.8, 4) is 6.07 Å². The molecule has 30 heavy (non-hydrogen) atoms. The van der Waals surface area contributed by atoms with E-state index in [1.54, 1.807) is 37.5 Å². The lowest BCUT2D eigenvalue weighted by Crippen LogP contribution is -2.46. The Morgan fingerprint density at radius 1 is 1.23 bits per heavy atom. The van der Waals surface area contributed by atoms with Gasteiger partial charge >= 0.3 is 0 Å². The van der Waals surface area contributed by atoms with Crippen molar-refractivity contribution in [2.45, 2.75) is 24.9 Å². The molecule has 9 heteroatoms. The van der Waals surface area contributed by atoms with Crippen LogP contribution in [0.2, 0.25) is 10.2 Å². The van der Waals surface area contributed by atoms with Crippen LogP contribution in [0.1, 0.15) is 24.1 Å². The summed E-state index contributed by atoms with van der Waals surface area (Å²) < 4.78 is 1.41. The van der Waals surface area contributed by atoms with E-state index >= 15 is 0 Å². The van der Waals surface area contributed by atoms with Gasteiger partial charge in [0, 0.05) is 38.4 Å². The summed E-state index contributed by atoms with van der Waals surface area (Å²) in [6.45, 7) is 0.935. The van der Waals surface area contributed by atoms with Gasteiger partial charge in [0.25, 0.3) is 5.56 Å². The molecule has 0 spiro atoms. The van der Waals surface area contributed by atoms with Crippen LogP contribution in [0, 0.1) is 11.3 Å². The van der Waals surface area contributed by atoms with Crippen LogP contribution in [0.5, 0.6) is 0 Å². The molecule has 3 aromatic rings. The Hall–Kier alpha value is -2.66. The predicted octanol–water partition coefficient (Wildman–Crippen LogP) is 3.08. The van der Waals surface area contributed by atoms with Gasteiger partial charge in [-0.25, -0.2) is 4.98 Å². The smallest absolute Gasteiger partial charge is 0.270 e. The van der Waals surface area contributed by atoms with Crippen molar-refractivity contribution in [2.75, 3.05) is 18.0 Å². The lowest BCUT2D eigenvalue weighted by Gasteiger charge is -2.39. The number of piperidine rings is 1. The average molecular weight is 444 g/mol. The summed E-state index contributed by atoms with van der Waals surface area (Å²) in [6, 6.07) is 8.94. The second-order valence-corrected chi connectivity index (χ2v) is 8.38. The molecule has 4 heterocycles. The van der Waals surface area contributed by atoms with E-state index in [-0.39, 0.29) is 16.3 Å². The molecule has 0 aliphatic carbocycles. The molecule has 1 N–H and O–H groups in total. The average Bonchev–Trinajstić information content (AvgIpc) is 2.73. The number of halogens is 2. The summed E-state index contributed by atoms with van der Waals surface area (Å²) in [5, 5.41) is 21.6. The maximum absolute atomic E-state index is 12.7. The zero-order valence-corrected chi connectivity index (χ0v) is 17.8. The van der Waals surface area contributed by atoms with Gasteiger partial charge < -0.3 is 14.6 Å². The Bertz CT molecular complexity index is 1210. The quantitative estimate of drug-likeness (QED) is 0.624. The maximum Gasteiger partial charge on any atom is 0.270 e. The SMILES string of the molecule is Cn1c(=O)c(C#N)c(N2CCC(O)(Cc3ccc(Cl)cn3)CC2)c2nc(Cl)ccc21. The molecule has 1 fully saturated rings. The predicted molar refractivity (Wildman–Crippen MR) is 116 cm³/mol. The summed E-state index contributed by atoms with van der Waals surface area (Å²) in [5.41, 5.74) is 1.07. The van der Waals surface area contributed by atoms with Gasteiger partial charge in [-0.1, -0.05) is 23.2 Å². The van der Waals surface area contributed by atoms with E-state index in [1.165, 1.54) is 4.57 Å². The molecular formula is C21H19Cl2N5O2. The molecule has 0 aromatic carbocycles. The minimum absolute atomic E-state index is 0.0320. The first-order valence-corrected chi connectivity index (χ1v) is 10.2. The van der Waals surface area contributed by atoms with E-state index in [2.05, 4.69) is 9.97 Å². The van der Waals surface area contributed by atoms with E-state index in [1.807, 2.05) is 11.0 Å². The third kappa shape index (κ3) is 3.74. The van der Waals surface area contributed by atoms with Gasteiger partial charge in [-0.3, -0.25) is 9.78 Å². The van der Waals surface area contributed by atoms with Crippen molar-refractivity contribution >= 4 is 39.9 Å². The summed E-state index contributed by atoms with van der Waals surface area (Å²) in [6.07, 6.45) is 2.89. The van der Waals surface area contributed by atoms with Crippen LogP contribution in [0.25, 0.3) is 11.0 Å². The number of nitrogens with zero attached hydrogens (tertiary/aromatic N) is 5. The first kappa shape index (κ1) is 20.6. The minimum atomic E-state index is -0.926. The highest BCUT2D eigenvalue weighted by Crippen LogP contribution is 2.34. The molecule has 0 radical (unpaired) electrons. The molecule has 0 amide bonds. The molecule has 0 unspecified atom stereocenters. The summed E-state index contributed by atoms with van der Waals surface area (Å²) in [7, 11) is 1.61. The number of fused-ring (bicyclic) bond motifs is 1. The fourth-order valence-electron chi connectivity index (χ4n) is 3.95. The van der Waals surface area contributed by atoms with Crippen LogP contribution in [0.3, 0.4) is 0 Å². The van der Waals surface area contributed by atoms with Crippen molar-refractivity contribution in [3.05, 3.63) is 62.2 Å². The normalized spacial score (nSPS) is 15.9. The monoisotopic (exact) mass is 443 g/mol. The molecule has 0 bridgehead atoms.